The lowest BCUT2D eigenvalue weighted by atomic mass is 10.4. The highest BCUT2D eigenvalue weighted by molar-refractivity contribution is 14.1. The van der Waals surface area contributed by atoms with Crippen molar-refractivity contribution in [3.05, 3.63) is 26.8 Å². The van der Waals surface area contributed by atoms with Crippen LogP contribution in [0, 0.1) is 3.57 Å². The Kier molecular flexibility index (Phi) is 4.90. The van der Waals surface area contributed by atoms with Crippen LogP contribution in [0.3, 0.4) is 0 Å². The quantitative estimate of drug-likeness (QED) is 0.774. The van der Waals surface area contributed by atoms with Gasteiger partial charge in [-0.1, -0.05) is 11.6 Å². The lowest BCUT2D eigenvalue weighted by Gasteiger charge is -2.17. The summed E-state index contributed by atoms with van der Waals surface area (Å²) in [4.78, 5) is -0.302. The molecule has 1 atom stereocenters. The molecule has 1 aromatic carbocycles. The summed E-state index contributed by atoms with van der Waals surface area (Å²) in [6.07, 6.45) is -4.64. The van der Waals surface area contributed by atoms with Crippen LogP contribution in [0.25, 0.3) is 0 Å². The lowest BCUT2D eigenvalue weighted by Crippen LogP contribution is -2.42. The molecule has 0 aromatic heterocycles. The molecule has 18 heavy (non-hydrogen) atoms. The molecular weight excluding hydrogens is 406 g/mol. The SMILES string of the molecule is C[C@H](NS(=O)(=O)c1ccc(I)c(Cl)c1)C(F)(F)F. The fourth-order valence-corrected chi connectivity index (χ4v) is 2.85. The van der Waals surface area contributed by atoms with Crippen LogP contribution in [-0.4, -0.2) is 20.6 Å². The summed E-state index contributed by atoms with van der Waals surface area (Å²) >= 11 is 7.60. The summed E-state index contributed by atoms with van der Waals surface area (Å²) in [6.45, 7) is 0.728. The second-order valence-corrected chi connectivity index (χ2v) is 6.74. The molecule has 102 valence electrons. The first-order valence-electron chi connectivity index (χ1n) is 4.58. The molecule has 0 amide bonds. The van der Waals surface area contributed by atoms with E-state index in [2.05, 4.69) is 0 Å². The molecule has 0 spiro atoms. The number of rotatable bonds is 3. The van der Waals surface area contributed by atoms with Crippen molar-refractivity contribution in [1.29, 1.82) is 0 Å². The van der Waals surface area contributed by atoms with E-state index in [1.54, 1.807) is 4.72 Å². The molecule has 0 heterocycles. The van der Waals surface area contributed by atoms with E-state index in [0.717, 1.165) is 13.0 Å². The van der Waals surface area contributed by atoms with Gasteiger partial charge in [0.05, 0.1) is 9.92 Å². The van der Waals surface area contributed by atoms with Crippen molar-refractivity contribution < 1.29 is 21.6 Å². The molecule has 0 aliphatic carbocycles. The van der Waals surface area contributed by atoms with Crippen molar-refractivity contribution in [3.63, 3.8) is 0 Å². The van der Waals surface area contributed by atoms with Crippen molar-refractivity contribution in [2.45, 2.75) is 24.0 Å². The predicted molar refractivity (Wildman–Crippen MR) is 70.0 cm³/mol. The molecule has 0 saturated carbocycles. The van der Waals surface area contributed by atoms with E-state index < -0.39 is 22.2 Å². The standard InChI is InChI=1S/C9H8ClF3INO2S/c1-5(9(11,12)13)15-18(16,17)6-2-3-8(14)7(10)4-6/h2-5,15H,1H3/t5-/m0/s1. The molecular formula is C9H8ClF3INO2S. The smallest absolute Gasteiger partial charge is 0.207 e. The molecule has 1 N–H and O–H groups in total. The molecule has 0 saturated heterocycles. The van der Waals surface area contributed by atoms with Crippen LogP contribution in [0.2, 0.25) is 5.02 Å². The summed E-state index contributed by atoms with van der Waals surface area (Å²) in [6, 6.07) is 1.55. The fraction of sp³-hybridized carbons (Fsp3) is 0.333. The van der Waals surface area contributed by atoms with Crippen molar-refractivity contribution >= 4 is 44.2 Å². The van der Waals surface area contributed by atoms with Gasteiger partial charge in [0.2, 0.25) is 10.0 Å². The van der Waals surface area contributed by atoms with Gasteiger partial charge < -0.3 is 0 Å². The van der Waals surface area contributed by atoms with Crippen molar-refractivity contribution in [1.82, 2.24) is 4.72 Å². The maximum absolute atomic E-state index is 12.3. The second kappa shape index (κ2) is 5.51. The molecule has 0 bridgehead atoms. The Morgan fingerprint density at radius 3 is 2.39 bits per heavy atom. The molecule has 1 aromatic rings. The van der Waals surface area contributed by atoms with E-state index in [1.807, 2.05) is 22.6 Å². The summed E-state index contributed by atoms with van der Waals surface area (Å²) in [5.41, 5.74) is 0. The number of halogens is 5. The van der Waals surface area contributed by atoms with E-state index in [1.165, 1.54) is 12.1 Å². The van der Waals surface area contributed by atoms with Crippen LogP contribution in [0.15, 0.2) is 23.1 Å². The third kappa shape index (κ3) is 3.97. The Morgan fingerprint density at radius 2 is 1.94 bits per heavy atom. The zero-order valence-corrected chi connectivity index (χ0v) is 12.7. The third-order valence-corrected chi connectivity index (χ3v) is 5.13. The van der Waals surface area contributed by atoms with E-state index in [-0.39, 0.29) is 9.92 Å². The third-order valence-electron chi connectivity index (χ3n) is 2.02. The number of hydrogen-bond donors (Lipinski definition) is 1. The number of benzene rings is 1. The molecule has 3 nitrogen and oxygen atoms in total. The summed E-state index contributed by atoms with van der Waals surface area (Å²) < 4.78 is 62.4. The van der Waals surface area contributed by atoms with Gasteiger partial charge in [0.15, 0.2) is 0 Å². The van der Waals surface area contributed by atoms with E-state index in [4.69, 9.17) is 11.6 Å². The molecule has 0 radical (unpaired) electrons. The van der Waals surface area contributed by atoms with Gasteiger partial charge in [-0.3, -0.25) is 0 Å². The normalized spacial score (nSPS) is 14.6. The minimum atomic E-state index is -4.64. The monoisotopic (exact) mass is 413 g/mol. The van der Waals surface area contributed by atoms with Crippen LogP contribution in [0.1, 0.15) is 6.92 Å². The van der Waals surface area contributed by atoms with E-state index in [9.17, 15) is 21.6 Å². The topological polar surface area (TPSA) is 46.2 Å². The number of alkyl halides is 3. The summed E-state index contributed by atoms with van der Waals surface area (Å²) in [5.74, 6) is 0. The first-order chi connectivity index (χ1) is 8.04. The Hall–Kier alpha value is -0.0600. The Morgan fingerprint density at radius 1 is 1.39 bits per heavy atom. The zero-order valence-electron chi connectivity index (χ0n) is 8.92. The highest BCUT2D eigenvalue weighted by atomic mass is 127. The van der Waals surface area contributed by atoms with Crippen molar-refractivity contribution in [2.75, 3.05) is 0 Å². The van der Waals surface area contributed by atoms with Crippen LogP contribution in [0.5, 0.6) is 0 Å². The van der Waals surface area contributed by atoms with Crippen LogP contribution >= 0.6 is 34.2 Å². The minimum absolute atomic E-state index is 0.165. The predicted octanol–water partition coefficient (Wildman–Crippen LogP) is 3.17. The molecule has 1 rings (SSSR count). The summed E-state index contributed by atoms with van der Waals surface area (Å²) in [7, 11) is -4.24. The van der Waals surface area contributed by atoms with Gasteiger partial charge in [-0.2, -0.15) is 17.9 Å². The van der Waals surface area contributed by atoms with Gasteiger partial charge in [0, 0.05) is 3.57 Å². The van der Waals surface area contributed by atoms with Crippen LogP contribution < -0.4 is 4.72 Å². The number of nitrogens with one attached hydrogen (secondary N) is 1. The summed E-state index contributed by atoms with van der Waals surface area (Å²) in [5, 5.41) is 0.165. The van der Waals surface area contributed by atoms with Crippen LogP contribution in [0.4, 0.5) is 13.2 Å². The molecule has 9 heteroatoms. The van der Waals surface area contributed by atoms with Crippen molar-refractivity contribution in [2.24, 2.45) is 0 Å². The first kappa shape index (κ1) is 16.0. The zero-order chi connectivity index (χ0) is 14.1. The second-order valence-electron chi connectivity index (χ2n) is 3.46. The Bertz CT molecular complexity index is 547. The highest BCUT2D eigenvalue weighted by Crippen LogP contribution is 2.24. The number of hydrogen-bond acceptors (Lipinski definition) is 2. The average molecular weight is 414 g/mol. The van der Waals surface area contributed by atoms with Crippen molar-refractivity contribution in [3.8, 4) is 0 Å². The van der Waals surface area contributed by atoms with Gasteiger partial charge >= 0.3 is 6.18 Å². The fourth-order valence-electron chi connectivity index (χ4n) is 1.01. The van der Waals surface area contributed by atoms with Gasteiger partial charge in [-0.05, 0) is 47.7 Å². The Labute approximate surface area is 121 Å². The van der Waals surface area contributed by atoms with Gasteiger partial charge in [0.25, 0.3) is 0 Å². The number of sulfonamides is 1. The first-order valence-corrected chi connectivity index (χ1v) is 7.52. The molecule has 0 unspecified atom stereocenters. The maximum atomic E-state index is 12.3. The molecule has 0 fully saturated rings. The van der Waals surface area contributed by atoms with Gasteiger partial charge in [-0.15, -0.1) is 0 Å². The largest absolute Gasteiger partial charge is 0.404 e. The lowest BCUT2D eigenvalue weighted by molar-refractivity contribution is -0.147. The van der Waals surface area contributed by atoms with Crippen LogP contribution in [-0.2, 0) is 10.0 Å². The van der Waals surface area contributed by atoms with E-state index in [0.29, 0.717) is 3.57 Å². The molecule has 0 aliphatic rings. The Balaban J connectivity index is 3.04. The average Bonchev–Trinajstić information content (AvgIpc) is 2.19. The van der Waals surface area contributed by atoms with E-state index >= 15 is 0 Å². The highest BCUT2D eigenvalue weighted by Gasteiger charge is 2.38. The maximum Gasteiger partial charge on any atom is 0.404 e. The van der Waals surface area contributed by atoms with Gasteiger partial charge in [0.1, 0.15) is 6.04 Å². The molecule has 0 aliphatic heterocycles. The van der Waals surface area contributed by atoms with Gasteiger partial charge in [-0.25, -0.2) is 8.42 Å². The minimum Gasteiger partial charge on any atom is -0.207 e.